The molecule has 0 radical (unpaired) electrons. The Balaban J connectivity index is 1.54. The molecule has 5 aromatic heterocycles. The van der Waals surface area contributed by atoms with Crippen LogP contribution in [-0.2, 0) is 31.6 Å². The molecular weight excluding hydrogens is 507 g/mol. The van der Waals surface area contributed by atoms with Crippen molar-refractivity contribution in [1.29, 1.82) is 5.26 Å². The van der Waals surface area contributed by atoms with Crippen molar-refractivity contribution < 1.29 is 22.6 Å². The Morgan fingerprint density at radius 1 is 1.21 bits per heavy atom. The number of imidazole rings is 1. The van der Waals surface area contributed by atoms with Crippen molar-refractivity contribution in [2.24, 2.45) is 14.1 Å². The lowest BCUT2D eigenvalue weighted by Gasteiger charge is -2.12. The standard InChI is InChI=1S/C23H18F3N9O3/c1-34-9-11(23(24,25)26)4-15(21(34)36)30-22-31-20-18(35(22)2)14(6-27)17(8-29-20)38-12-5-13-16(10-37-3)32-33-19(13)28-7-12/h4-5,7-9H,10H2,1-3H3,(H,28,32,33)(H,29,30,31). The molecule has 0 saturated heterocycles. The first-order valence-electron chi connectivity index (χ1n) is 10.9. The summed E-state index contributed by atoms with van der Waals surface area (Å²) in [6, 6.07) is 4.45. The van der Waals surface area contributed by atoms with Gasteiger partial charge in [0.1, 0.15) is 28.6 Å². The number of alkyl halides is 3. The first-order chi connectivity index (χ1) is 18.1. The summed E-state index contributed by atoms with van der Waals surface area (Å²) in [6.07, 6.45) is -1.21. The number of ether oxygens (including phenoxy) is 2. The van der Waals surface area contributed by atoms with E-state index in [1.165, 1.54) is 38.2 Å². The zero-order valence-electron chi connectivity index (χ0n) is 20.1. The van der Waals surface area contributed by atoms with E-state index in [4.69, 9.17) is 9.47 Å². The number of aromatic amines is 1. The summed E-state index contributed by atoms with van der Waals surface area (Å²) >= 11 is 0. The highest BCUT2D eigenvalue weighted by Crippen LogP contribution is 2.33. The number of methoxy groups -OCH3 is 1. The first kappa shape index (κ1) is 24.7. The predicted octanol–water partition coefficient (Wildman–Crippen LogP) is 3.51. The molecule has 5 aromatic rings. The third-order valence-corrected chi connectivity index (χ3v) is 5.71. The van der Waals surface area contributed by atoms with E-state index >= 15 is 0 Å². The van der Waals surface area contributed by atoms with Gasteiger partial charge >= 0.3 is 6.18 Å². The molecule has 0 aliphatic rings. The van der Waals surface area contributed by atoms with Crippen molar-refractivity contribution in [2.75, 3.05) is 12.4 Å². The van der Waals surface area contributed by atoms with Crippen LogP contribution < -0.4 is 15.6 Å². The molecule has 2 N–H and O–H groups in total. The van der Waals surface area contributed by atoms with E-state index in [0.717, 1.165) is 4.57 Å². The fourth-order valence-corrected chi connectivity index (χ4v) is 3.89. The molecular formula is C23H18F3N9O3. The van der Waals surface area contributed by atoms with Crippen LogP contribution in [-0.4, -0.2) is 41.4 Å². The van der Waals surface area contributed by atoms with Gasteiger partial charge in [0, 0.05) is 32.8 Å². The van der Waals surface area contributed by atoms with E-state index in [-0.39, 0.29) is 40.7 Å². The number of hydrogen-bond acceptors (Lipinski definition) is 9. The van der Waals surface area contributed by atoms with Crippen LogP contribution in [0, 0.1) is 11.3 Å². The molecule has 12 nitrogen and oxygen atoms in total. The minimum absolute atomic E-state index is 0.00302. The lowest BCUT2D eigenvalue weighted by atomic mass is 10.2. The Bertz CT molecular complexity index is 1800. The molecule has 0 saturated carbocycles. The van der Waals surface area contributed by atoms with Crippen molar-refractivity contribution in [3.05, 3.63) is 57.9 Å². The van der Waals surface area contributed by atoms with Crippen molar-refractivity contribution in [3.63, 3.8) is 0 Å². The van der Waals surface area contributed by atoms with Crippen LogP contribution in [0.25, 0.3) is 22.2 Å². The molecule has 194 valence electrons. The summed E-state index contributed by atoms with van der Waals surface area (Å²) in [7, 11) is 4.28. The van der Waals surface area contributed by atoms with E-state index in [9.17, 15) is 23.2 Å². The summed E-state index contributed by atoms with van der Waals surface area (Å²) in [5, 5.41) is 20.2. The number of rotatable bonds is 6. The number of hydrogen-bond donors (Lipinski definition) is 2. The quantitative estimate of drug-likeness (QED) is 0.340. The molecule has 0 amide bonds. The zero-order chi connectivity index (χ0) is 27.2. The van der Waals surface area contributed by atoms with E-state index in [1.54, 1.807) is 6.07 Å². The number of pyridine rings is 3. The van der Waals surface area contributed by atoms with Gasteiger partial charge in [0.25, 0.3) is 5.56 Å². The zero-order valence-corrected chi connectivity index (χ0v) is 20.1. The number of fused-ring (bicyclic) bond motifs is 2. The van der Waals surface area contributed by atoms with Crippen LogP contribution in [0.4, 0.5) is 24.8 Å². The minimum Gasteiger partial charge on any atom is -0.453 e. The van der Waals surface area contributed by atoms with E-state index in [1.807, 2.05) is 0 Å². The highest BCUT2D eigenvalue weighted by molar-refractivity contribution is 5.84. The van der Waals surface area contributed by atoms with Gasteiger partial charge in [-0.1, -0.05) is 0 Å². The van der Waals surface area contributed by atoms with Crippen LogP contribution in [0.5, 0.6) is 11.5 Å². The van der Waals surface area contributed by atoms with Gasteiger partial charge in [-0.2, -0.15) is 28.5 Å². The Labute approximate surface area is 211 Å². The van der Waals surface area contributed by atoms with Gasteiger partial charge in [-0.25, -0.2) is 9.97 Å². The molecule has 38 heavy (non-hydrogen) atoms. The van der Waals surface area contributed by atoms with Crippen LogP contribution >= 0.6 is 0 Å². The van der Waals surface area contributed by atoms with Crippen LogP contribution in [0.1, 0.15) is 16.8 Å². The van der Waals surface area contributed by atoms with Crippen molar-refractivity contribution in [1.82, 2.24) is 34.3 Å². The summed E-state index contributed by atoms with van der Waals surface area (Å²) in [5.74, 6) is 0.410. The van der Waals surface area contributed by atoms with Crippen LogP contribution in [0.2, 0.25) is 0 Å². The molecule has 0 unspecified atom stereocenters. The van der Waals surface area contributed by atoms with Gasteiger partial charge < -0.3 is 23.9 Å². The average Bonchev–Trinajstić information content (AvgIpc) is 3.42. The molecule has 0 fully saturated rings. The van der Waals surface area contributed by atoms with Crippen LogP contribution in [0.3, 0.4) is 0 Å². The second-order valence-electron chi connectivity index (χ2n) is 8.23. The molecule has 15 heteroatoms. The maximum absolute atomic E-state index is 13.3. The fraction of sp³-hybridized carbons (Fsp3) is 0.217. The number of H-pyrrole nitrogens is 1. The maximum Gasteiger partial charge on any atom is 0.417 e. The number of anilines is 2. The monoisotopic (exact) mass is 525 g/mol. The van der Waals surface area contributed by atoms with Gasteiger partial charge in [0.2, 0.25) is 5.95 Å². The molecule has 5 heterocycles. The summed E-state index contributed by atoms with van der Waals surface area (Å²) < 4.78 is 53.1. The number of nitriles is 1. The Hall–Kier alpha value is -4.97. The maximum atomic E-state index is 13.3. The van der Waals surface area contributed by atoms with Crippen molar-refractivity contribution >= 4 is 33.8 Å². The second kappa shape index (κ2) is 9.16. The van der Waals surface area contributed by atoms with Gasteiger partial charge in [-0.05, 0) is 12.1 Å². The summed E-state index contributed by atoms with van der Waals surface area (Å²) in [4.78, 5) is 25.2. The Morgan fingerprint density at radius 2 is 2.00 bits per heavy atom. The van der Waals surface area contributed by atoms with Crippen molar-refractivity contribution in [2.45, 2.75) is 12.8 Å². The smallest absolute Gasteiger partial charge is 0.417 e. The van der Waals surface area contributed by atoms with Crippen LogP contribution in [0.15, 0.2) is 35.5 Å². The van der Waals surface area contributed by atoms with Gasteiger partial charge in [-0.15, -0.1) is 0 Å². The predicted molar refractivity (Wildman–Crippen MR) is 128 cm³/mol. The van der Waals surface area contributed by atoms with E-state index < -0.39 is 17.3 Å². The molecule has 0 spiro atoms. The fourth-order valence-electron chi connectivity index (χ4n) is 3.89. The Morgan fingerprint density at radius 3 is 2.71 bits per heavy atom. The van der Waals surface area contributed by atoms with Gasteiger partial charge in [0.15, 0.2) is 17.0 Å². The summed E-state index contributed by atoms with van der Waals surface area (Å²) in [6.45, 7) is 0.252. The highest BCUT2D eigenvalue weighted by atomic mass is 19.4. The normalized spacial score (nSPS) is 11.7. The van der Waals surface area contributed by atoms with E-state index in [2.05, 4.69) is 36.5 Å². The molecule has 0 aliphatic carbocycles. The molecule has 0 bridgehead atoms. The van der Waals surface area contributed by atoms with E-state index in [0.29, 0.717) is 34.7 Å². The summed E-state index contributed by atoms with van der Waals surface area (Å²) in [5.41, 5.74) is -0.468. The third-order valence-electron chi connectivity index (χ3n) is 5.71. The highest BCUT2D eigenvalue weighted by Gasteiger charge is 2.32. The molecule has 0 atom stereocenters. The molecule has 0 aliphatic heterocycles. The lowest BCUT2D eigenvalue weighted by Crippen LogP contribution is -2.23. The number of nitrogens with zero attached hydrogens (tertiary/aromatic N) is 7. The minimum atomic E-state index is -4.66. The third kappa shape index (κ3) is 4.26. The number of nitrogens with one attached hydrogen (secondary N) is 2. The van der Waals surface area contributed by atoms with Crippen molar-refractivity contribution in [3.8, 4) is 17.6 Å². The largest absolute Gasteiger partial charge is 0.453 e. The first-order valence-corrected chi connectivity index (χ1v) is 10.9. The number of aromatic nitrogens is 7. The van der Waals surface area contributed by atoms with Gasteiger partial charge in [0.05, 0.1) is 30.3 Å². The topological polar surface area (TPSA) is 149 Å². The molecule has 0 aromatic carbocycles. The second-order valence-corrected chi connectivity index (χ2v) is 8.23. The Kier molecular flexibility index (Phi) is 5.96. The SMILES string of the molecule is COCc1n[nH]c2ncc(Oc3cnc4nc(Nc5cc(C(F)(F)F)cn(C)c5=O)n(C)c4c3C#N)cc12. The number of halogens is 3. The van der Waals surface area contributed by atoms with Gasteiger partial charge in [-0.3, -0.25) is 9.89 Å². The lowest BCUT2D eigenvalue weighted by molar-refractivity contribution is -0.138. The molecule has 5 rings (SSSR count). The number of aryl methyl sites for hydroxylation is 2. The average molecular weight is 525 g/mol.